The third-order valence-corrected chi connectivity index (χ3v) is 4.07. The molecule has 1 unspecified atom stereocenters. The Morgan fingerprint density at radius 3 is 2.19 bits per heavy atom. The molecule has 0 aromatic carbocycles. The van der Waals surface area contributed by atoms with E-state index in [9.17, 15) is 5.11 Å². The number of nitrogens with one attached hydrogen (secondary N) is 1. The Kier molecular flexibility index (Phi) is 6.53. The van der Waals surface area contributed by atoms with Crippen molar-refractivity contribution in [3.05, 3.63) is 0 Å². The highest BCUT2D eigenvalue weighted by Crippen LogP contribution is 2.18. The Bertz CT molecular complexity index is 188. The third-order valence-electron chi connectivity index (χ3n) is 4.07. The number of hydrogen-bond acceptors (Lipinski definition) is 3. The number of aliphatic hydroxyl groups is 1. The van der Waals surface area contributed by atoms with Crippen molar-refractivity contribution < 1.29 is 5.11 Å². The molecule has 3 nitrogen and oxygen atoms in total. The number of hydrogen-bond donors (Lipinski definition) is 2. The van der Waals surface area contributed by atoms with Crippen LogP contribution in [-0.2, 0) is 0 Å². The molecule has 3 heteroatoms. The first-order chi connectivity index (χ1) is 7.31. The molecular weight excluding hydrogens is 200 g/mol. The predicted molar refractivity (Wildman–Crippen MR) is 70.8 cm³/mol. The van der Waals surface area contributed by atoms with Gasteiger partial charge in [-0.1, -0.05) is 6.92 Å². The highest BCUT2D eigenvalue weighted by molar-refractivity contribution is 4.82. The lowest BCUT2D eigenvalue weighted by molar-refractivity contribution is 0.131. The van der Waals surface area contributed by atoms with Gasteiger partial charge >= 0.3 is 0 Å². The Hall–Kier alpha value is -0.120. The van der Waals surface area contributed by atoms with Crippen molar-refractivity contribution >= 4 is 0 Å². The maximum atomic E-state index is 9.28. The zero-order valence-electron chi connectivity index (χ0n) is 11.9. The van der Waals surface area contributed by atoms with E-state index in [0.717, 1.165) is 25.8 Å². The number of aliphatic hydroxyl groups excluding tert-OH is 1. The van der Waals surface area contributed by atoms with Crippen LogP contribution >= 0.6 is 0 Å². The summed E-state index contributed by atoms with van der Waals surface area (Å²) >= 11 is 0. The van der Waals surface area contributed by atoms with Gasteiger partial charge in [0.25, 0.3) is 0 Å². The minimum Gasteiger partial charge on any atom is -0.394 e. The van der Waals surface area contributed by atoms with Gasteiger partial charge in [0.1, 0.15) is 0 Å². The molecule has 0 radical (unpaired) electrons. The second-order valence-corrected chi connectivity index (χ2v) is 5.66. The van der Waals surface area contributed by atoms with Crippen molar-refractivity contribution in [2.24, 2.45) is 0 Å². The first-order valence-corrected chi connectivity index (χ1v) is 6.32. The normalized spacial score (nSPS) is 16.5. The highest BCUT2D eigenvalue weighted by Gasteiger charge is 2.23. The number of rotatable bonds is 8. The van der Waals surface area contributed by atoms with E-state index in [4.69, 9.17) is 0 Å². The van der Waals surface area contributed by atoms with Crippen LogP contribution in [0, 0.1) is 0 Å². The van der Waals surface area contributed by atoms with Gasteiger partial charge in [0.15, 0.2) is 0 Å². The van der Waals surface area contributed by atoms with Crippen LogP contribution < -0.4 is 5.32 Å². The summed E-state index contributed by atoms with van der Waals surface area (Å²) < 4.78 is 0. The van der Waals surface area contributed by atoms with E-state index in [1.54, 1.807) is 0 Å². The van der Waals surface area contributed by atoms with Crippen LogP contribution in [-0.4, -0.2) is 48.3 Å². The van der Waals surface area contributed by atoms with E-state index in [1.165, 1.54) is 0 Å². The van der Waals surface area contributed by atoms with Gasteiger partial charge < -0.3 is 15.3 Å². The zero-order chi connectivity index (χ0) is 12.8. The molecule has 16 heavy (non-hydrogen) atoms. The van der Waals surface area contributed by atoms with Crippen LogP contribution in [0.1, 0.15) is 47.0 Å². The summed E-state index contributed by atoms with van der Waals surface area (Å²) in [5.74, 6) is 0. The van der Waals surface area contributed by atoms with Gasteiger partial charge in [0.2, 0.25) is 0 Å². The van der Waals surface area contributed by atoms with Gasteiger partial charge in [-0.15, -0.1) is 0 Å². The first kappa shape index (κ1) is 15.9. The lowest BCUT2D eigenvalue weighted by atomic mass is 9.95. The van der Waals surface area contributed by atoms with Crippen LogP contribution in [0.4, 0.5) is 0 Å². The Morgan fingerprint density at radius 2 is 1.81 bits per heavy atom. The largest absolute Gasteiger partial charge is 0.394 e. The molecule has 2 N–H and O–H groups in total. The maximum Gasteiger partial charge on any atom is 0.0610 e. The minimum atomic E-state index is -0.128. The minimum absolute atomic E-state index is 0.128. The Balaban J connectivity index is 3.99. The zero-order valence-corrected chi connectivity index (χ0v) is 11.9. The van der Waals surface area contributed by atoms with Crippen LogP contribution in [0.25, 0.3) is 0 Å². The van der Waals surface area contributed by atoms with Crippen LogP contribution in [0.15, 0.2) is 0 Å². The smallest absolute Gasteiger partial charge is 0.0610 e. The number of nitrogens with zero attached hydrogens (tertiary/aromatic N) is 1. The standard InChI is InChI=1S/C13H30N2O/c1-7-12(2,3)15(6)10-8-9-13(4,11-16)14-5/h14,16H,7-11H2,1-6H3. The first-order valence-electron chi connectivity index (χ1n) is 6.32. The summed E-state index contributed by atoms with van der Waals surface area (Å²) in [4.78, 5) is 2.40. The van der Waals surface area contributed by atoms with Gasteiger partial charge in [-0.05, 0) is 60.7 Å². The van der Waals surface area contributed by atoms with Gasteiger partial charge in [0.05, 0.1) is 6.61 Å². The van der Waals surface area contributed by atoms with E-state index in [-0.39, 0.29) is 17.7 Å². The van der Waals surface area contributed by atoms with Gasteiger partial charge in [-0.25, -0.2) is 0 Å². The third kappa shape index (κ3) is 4.81. The lowest BCUT2D eigenvalue weighted by Crippen LogP contribution is -2.45. The van der Waals surface area contributed by atoms with Crippen molar-refractivity contribution in [3.63, 3.8) is 0 Å². The Labute approximate surface area is 101 Å². The van der Waals surface area contributed by atoms with E-state index < -0.39 is 0 Å². The average molecular weight is 230 g/mol. The molecule has 0 spiro atoms. The van der Waals surface area contributed by atoms with Crippen LogP contribution in [0.5, 0.6) is 0 Å². The molecule has 0 aromatic heterocycles. The van der Waals surface area contributed by atoms with E-state index in [0.29, 0.717) is 0 Å². The van der Waals surface area contributed by atoms with Gasteiger partial charge in [-0.2, -0.15) is 0 Å². The summed E-state index contributed by atoms with van der Waals surface area (Å²) in [5, 5.41) is 12.5. The molecule has 0 aliphatic carbocycles. The molecule has 0 rings (SSSR count). The molecule has 0 heterocycles. The molecule has 0 bridgehead atoms. The average Bonchev–Trinajstić information content (AvgIpc) is 2.28. The molecule has 0 aliphatic rings. The summed E-state index contributed by atoms with van der Waals surface area (Å²) in [6.07, 6.45) is 3.27. The molecule has 98 valence electrons. The number of likely N-dealkylation sites (N-methyl/N-ethyl adjacent to an activating group) is 1. The quantitative estimate of drug-likeness (QED) is 0.668. The second kappa shape index (κ2) is 6.58. The van der Waals surface area contributed by atoms with Crippen LogP contribution in [0.3, 0.4) is 0 Å². The monoisotopic (exact) mass is 230 g/mol. The predicted octanol–water partition coefficient (Wildman–Crippen LogP) is 1.86. The fourth-order valence-electron chi connectivity index (χ4n) is 1.56. The molecule has 0 saturated heterocycles. The van der Waals surface area contributed by atoms with E-state index in [2.05, 4.69) is 45.0 Å². The van der Waals surface area contributed by atoms with Gasteiger partial charge in [0, 0.05) is 11.1 Å². The lowest BCUT2D eigenvalue weighted by Gasteiger charge is -2.36. The molecule has 0 fully saturated rings. The van der Waals surface area contributed by atoms with Gasteiger partial charge in [-0.3, -0.25) is 0 Å². The molecule has 1 atom stereocenters. The van der Waals surface area contributed by atoms with Crippen LogP contribution in [0.2, 0.25) is 0 Å². The second-order valence-electron chi connectivity index (χ2n) is 5.66. The maximum absolute atomic E-state index is 9.28. The summed E-state index contributed by atoms with van der Waals surface area (Å²) in [5.41, 5.74) is 0.145. The fourth-order valence-corrected chi connectivity index (χ4v) is 1.56. The topological polar surface area (TPSA) is 35.5 Å². The SMILES string of the molecule is CCC(C)(C)N(C)CCCC(C)(CO)NC. The van der Waals surface area contributed by atoms with Crippen molar-refractivity contribution in [1.29, 1.82) is 0 Å². The summed E-state index contributed by atoms with van der Waals surface area (Å²) in [7, 11) is 4.09. The molecule has 0 saturated carbocycles. The molecular formula is C13H30N2O. The molecule has 0 aliphatic heterocycles. The Morgan fingerprint density at radius 1 is 1.25 bits per heavy atom. The molecule has 0 amide bonds. The van der Waals surface area contributed by atoms with Crippen molar-refractivity contribution in [2.45, 2.75) is 58.0 Å². The summed E-state index contributed by atoms with van der Waals surface area (Å²) in [6, 6.07) is 0. The summed E-state index contributed by atoms with van der Waals surface area (Å²) in [6.45, 7) is 10.1. The fraction of sp³-hybridized carbons (Fsp3) is 1.00. The van der Waals surface area contributed by atoms with E-state index >= 15 is 0 Å². The van der Waals surface area contributed by atoms with Crippen molar-refractivity contribution in [2.75, 3.05) is 27.2 Å². The van der Waals surface area contributed by atoms with E-state index in [1.807, 2.05) is 7.05 Å². The van der Waals surface area contributed by atoms with Crippen molar-refractivity contribution in [3.8, 4) is 0 Å². The molecule has 0 aromatic rings. The van der Waals surface area contributed by atoms with Crippen molar-refractivity contribution in [1.82, 2.24) is 10.2 Å². The highest BCUT2D eigenvalue weighted by atomic mass is 16.3.